The van der Waals surface area contributed by atoms with Crippen molar-refractivity contribution >= 4 is 32.7 Å². The second-order valence-electron chi connectivity index (χ2n) is 11.2. The van der Waals surface area contributed by atoms with Gasteiger partial charge in [0.05, 0.1) is 11.4 Å². The number of hydrogen-bond donors (Lipinski definition) is 0. The molecule has 0 N–H and O–H groups in total. The van der Waals surface area contributed by atoms with Gasteiger partial charge in [-0.3, -0.25) is 4.98 Å². The summed E-state index contributed by atoms with van der Waals surface area (Å²) in [4.78, 5) is 14.8. The molecule has 0 amide bonds. The second kappa shape index (κ2) is 11.2. The summed E-state index contributed by atoms with van der Waals surface area (Å²) < 4.78 is 0. The number of hydrogen-bond acceptors (Lipinski definition) is 3. The zero-order valence-corrected chi connectivity index (χ0v) is 24.2. The van der Waals surface area contributed by atoms with E-state index >= 15 is 0 Å². The lowest BCUT2D eigenvalue weighted by Crippen LogP contribution is -2.01. The van der Waals surface area contributed by atoms with E-state index in [4.69, 9.17) is 9.97 Å². The number of benzene rings is 5. The van der Waals surface area contributed by atoms with Crippen LogP contribution in [0.25, 0.3) is 66.5 Å². The minimum absolute atomic E-state index is 0.729. The Labute approximate surface area is 256 Å². The fourth-order valence-corrected chi connectivity index (χ4v) is 6.27. The molecule has 2 aromatic heterocycles. The first-order valence-corrected chi connectivity index (χ1v) is 15.1. The van der Waals surface area contributed by atoms with Crippen LogP contribution in [-0.4, -0.2) is 15.0 Å². The molecule has 0 saturated carbocycles. The summed E-state index contributed by atoms with van der Waals surface area (Å²) in [6.45, 7) is 0. The Morgan fingerprint density at radius 2 is 1.18 bits per heavy atom. The van der Waals surface area contributed by atoms with Crippen molar-refractivity contribution in [3.63, 3.8) is 0 Å². The van der Waals surface area contributed by atoms with E-state index in [9.17, 15) is 0 Å². The van der Waals surface area contributed by atoms with Crippen LogP contribution in [0, 0.1) is 0 Å². The molecule has 0 unspecified atom stereocenters. The highest BCUT2D eigenvalue weighted by atomic mass is 14.9. The highest BCUT2D eigenvalue weighted by molar-refractivity contribution is 5.98. The lowest BCUT2D eigenvalue weighted by Gasteiger charge is -2.17. The first kappa shape index (κ1) is 26.0. The smallest absolute Gasteiger partial charge is 0.161 e. The van der Waals surface area contributed by atoms with E-state index in [1.807, 2.05) is 12.3 Å². The van der Waals surface area contributed by atoms with Gasteiger partial charge in [-0.1, -0.05) is 115 Å². The van der Waals surface area contributed by atoms with E-state index in [1.165, 1.54) is 27.3 Å². The molecule has 5 aromatic carbocycles. The van der Waals surface area contributed by atoms with Crippen LogP contribution < -0.4 is 0 Å². The number of fused-ring (bicyclic) bond motifs is 2. The molecule has 0 saturated heterocycles. The summed E-state index contributed by atoms with van der Waals surface area (Å²) in [5.41, 5.74) is 9.86. The predicted octanol–water partition coefficient (Wildman–Crippen LogP) is 10.4. The number of pyridine rings is 1. The van der Waals surface area contributed by atoms with Gasteiger partial charge in [-0.15, -0.1) is 0 Å². The van der Waals surface area contributed by atoms with Crippen molar-refractivity contribution in [1.29, 1.82) is 0 Å². The van der Waals surface area contributed by atoms with E-state index in [0.717, 1.165) is 63.3 Å². The van der Waals surface area contributed by atoms with Gasteiger partial charge in [0, 0.05) is 29.1 Å². The number of aromatic nitrogens is 3. The molecule has 0 bridgehead atoms. The van der Waals surface area contributed by atoms with Gasteiger partial charge in [0.2, 0.25) is 0 Å². The van der Waals surface area contributed by atoms with Crippen molar-refractivity contribution in [3.8, 4) is 33.8 Å². The maximum atomic E-state index is 5.24. The summed E-state index contributed by atoms with van der Waals surface area (Å²) in [6.07, 6.45) is 10.3. The highest BCUT2D eigenvalue weighted by Gasteiger charge is 2.17. The van der Waals surface area contributed by atoms with Gasteiger partial charge in [-0.2, -0.15) is 0 Å². The zero-order chi connectivity index (χ0) is 29.3. The van der Waals surface area contributed by atoms with Crippen molar-refractivity contribution in [3.05, 3.63) is 163 Å². The standard InChI is InChI=1S/C41H29N3/c1-3-19-35-28(10-1)12-7-21-37(35)31-15-6-17-33(25-31)40-26-39(32-16-5-14-30(24-32)34-18-9-23-42-27-34)43-41(44-40)38-22-8-13-29-11-2-4-20-36(29)38/h1-5,7-14,16-27H,6,15H2. The van der Waals surface area contributed by atoms with Crippen molar-refractivity contribution in [2.45, 2.75) is 12.8 Å². The summed E-state index contributed by atoms with van der Waals surface area (Å²) in [5.74, 6) is 0.729. The first-order chi connectivity index (χ1) is 21.8. The molecule has 0 radical (unpaired) electrons. The summed E-state index contributed by atoms with van der Waals surface area (Å²) in [6, 6.07) is 44.8. The monoisotopic (exact) mass is 563 g/mol. The number of nitrogens with zero attached hydrogens (tertiary/aromatic N) is 3. The molecule has 0 aliphatic heterocycles. The van der Waals surface area contributed by atoms with E-state index in [1.54, 1.807) is 6.20 Å². The summed E-state index contributed by atoms with van der Waals surface area (Å²) >= 11 is 0. The van der Waals surface area contributed by atoms with Crippen molar-refractivity contribution in [2.24, 2.45) is 0 Å². The van der Waals surface area contributed by atoms with Crippen LogP contribution in [-0.2, 0) is 0 Å². The molecule has 8 rings (SSSR count). The first-order valence-electron chi connectivity index (χ1n) is 15.1. The van der Waals surface area contributed by atoms with Crippen LogP contribution in [0.15, 0.2) is 152 Å². The lowest BCUT2D eigenvalue weighted by atomic mass is 9.89. The van der Waals surface area contributed by atoms with E-state index in [2.05, 4.69) is 138 Å². The molecular weight excluding hydrogens is 534 g/mol. The molecule has 44 heavy (non-hydrogen) atoms. The zero-order valence-electron chi connectivity index (χ0n) is 24.2. The fourth-order valence-electron chi connectivity index (χ4n) is 6.27. The molecule has 208 valence electrons. The Bertz CT molecular complexity index is 2220. The van der Waals surface area contributed by atoms with Crippen LogP contribution in [0.4, 0.5) is 0 Å². The molecule has 3 heteroatoms. The van der Waals surface area contributed by atoms with Gasteiger partial charge in [0.15, 0.2) is 5.82 Å². The van der Waals surface area contributed by atoms with Gasteiger partial charge >= 0.3 is 0 Å². The molecule has 0 spiro atoms. The Morgan fingerprint density at radius 3 is 1.98 bits per heavy atom. The Morgan fingerprint density at radius 1 is 0.523 bits per heavy atom. The second-order valence-corrected chi connectivity index (χ2v) is 11.2. The van der Waals surface area contributed by atoms with Crippen molar-refractivity contribution in [1.82, 2.24) is 15.0 Å². The Balaban J connectivity index is 1.30. The summed E-state index contributed by atoms with van der Waals surface area (Å²) in [5, 5.41) is 4.87. The maximum absolute atomic E-state index is 5.24. The topological polar surface area (TPSA) is 38.7 Å². The lowest BCUT2D eigenvalue weighted by molar-refractivity contribution is 1.05. The molecule has 1 aliphatic carbocycles. The molecule has 0 fully saturated rings. The minimum Gasteiger partial charge on any atom is -0.264 e. The number of rotatable bonds is 5. The SMILES string of the molecule is C1=C(c2cc(-c3cccc(-c4cccnc4)c3)nc(-c3cccc4ccccc34)n2)C=C(c2cccc3ccccc23)CC1. The fraction of sp³-hybridized carbons (Fsp3) is 0.0488. The van der Waals surface area contributed by atoms with E-state index in [0.29, 0.717) is 0 Å². The predicted molar refractivity (Wildman–Crippen MR) is 183 cm³/mol. The third kappa shape index (κ3) is 4.89. The summed E-state index contributed by atoms with van der Waals surface area (Å²) in [7, 11) is 0. The average Bonchev–Trinajstić information content (AvgIpc) is 3.11. The Hall–Kier alpha value is -5.67. The normalized spacial score (nSPS) is 13.1. The molecule has 1 aliphatic rings. The average molecular weight is 564 g/mol. The van der Waals surface area contributed by atoms with E-state index in [-0.39, 0.29) is 0 Å². The maximum Gasteiger partial charge on any atom is 0.161 e. The molecule has 2 heterocycles. The number of allylic oxidation sites excluding steroid dienone is 4. The minimum atomic E-state index is 0.729. The van der Waals surface area contributed by atoms with Crippen LogP contribution in [0.2, 0.25) is 0 Å². The third-order valence-electron chi connectivity index (χ3n) is 8.45. The largest absolute Gasteiger partial charge is 0.264 e. The molecule has 7 aromatic rings. The van der Waals surface area contributed by atoms with Crippen molar-refractivity contribution < 1.29 is 0 Å². The van der Waals surface area contributed by atoms with Gasteiger partial charge in [0.1, 0.15) is 0 Å². The molecule has 0 atom stereocenters. The van der Waals surface area contributed by atoms with E-state index < -0.39 is 0 Å². The van der Waals surface area contributed by atoms with Crippen LogP contribution in [0.5, 0.6) is 0 Å². The van der Waals surface area contributed by atoms with Crippen LogP contribution >= 0.6 is 0 Å². The molecule has 3 nitrogen and oxygen atoms in total. The third-order valence-corrected chi connectivity index (χ3v) is 8.45. The van der Waals surface area contributed by atoms with Gasteiger partial charge < -0.3 is 0 Å². The van der Waals surface area contributed by atoms with Crippen LogP contribution in [0.1, 0.15) is 24.1 Å². The van der Waals surface area contributed by atoms with Gasteiger partial charge in [-0.25, -0.2) is 9.97 Å². The van der Waals surface area contributed by atoms with Gasteiger partial charge in [0.25, 0.3) is 0 Å². The highest BCUT2D eigenvalue weighted by Crippen LogP contribution is 2.36. The molecular formula is C41H29N3. The quantitative estimate of drug-likeness (QED) is 0.209. The van der Waals surface area contributed by atoms with Crippen LogP contribution in [0.3, 0.4) is 0 Å². The van der Waals surface area contributed by atoms with Gasteiger partial charge in [-0.05, 0) is 80.9 Å². The van der Waals surface area contributed by atoms with Crippen molar-refractivity contribution in [2.75, 3.05) is 0 Å². The Kier molecular flexibility index (Phi) is 6.62.